The number of hydrogen-bond donors (Lipinski definition) is 1. The molecule has 2 amide bonds. The number of nitrogens with zero attached hydrogens (tertiary/aromatic N) is 6. The van der Waals surface area contributed by atoms with Gasteiger partial charge in [0.2, 0.25) is 11.8 Å². The number of alkyl halides is 3. The number of nitrogens with one attached hydrogen (secondary N) is 1. The van der Waals surface area contributed by atoms with Crippen LogP contribution >= 0.6 is 0 Å². The van der Waals surface area contributed by atoms with E-state index in [0.29, 0.717) is 36.6 Å². The first kappa shape index (κ1) is 23.2. The minimum atomic E-state index is -4.85. The van der Waals surface area contributed by atoms with Gasteiger partial charge in [-0.05, 0) is 37.3 Å². The van der Waals surface area contributed by atoms with Crippen LogP contribution in [0.25, 0.3) is 11.4 Å². The lowest BCUT2D eigenvalue weighted by Gasteiger charge is -2.54. The molecule has 3 atom stereocenters. The first-order chi connectivity index (χ1) is 16.5. The molecule has 186 valence electrons. The number of carbonyl (C=O) groups excluding carboxylic acids is 1. The highest BCUT2D eigenvalue weighted by molar-refractivity contribution is 5.92. The monoisotopic (exact) mass is 493 g/mol. The minimum absolute atomic E-state index is 0.144. The molecule has 2 fully saturated rings. The number of aryl methyl sites for hydroxylation is 2. The van der Waals surface area contributed by atoms with E-state index in [1.807, 2.05) is 0 Å². The second kappa shape index (κ2) is 8.02. The summed E-state index contributed by atoms with van der Waals surface area (Å²) in [6.45, 7) is 3.74. The fourth-order valence-electron chi connectivity index (χ4n) is 5.16. The minimum Gasteiger partial charge on any atom is -0.423 e. The number of rotatable bonds is 3. The Kier molecular flexibility index (Phi) is 5.33. The summed E-state index contributed by atoms with van der Waals surface area (Å²) in [5.41, 5.74) is -2.91. The van der Waals surface area contributed by atoms with Crippen LogP contribution in [0.5, 0.6) is 0 Å². The van der Waals surface area contributed by atoms with Gasteiger partial charge in [0.1, 0.15) is 17.7 Å². The molecule has 13 heteroatoms. The van der Waals surface area contributed by atoms with Crippen molar-refractivity contribution >= 4 is 11.7 Å². The summed E-state index contributed by atoms with van der Waals surface area (Å²) in [6.07, 6.45) is -0.852. The average molecular weight is 493 g/mol. The topological polar surface area (TPSA) is 102 Å². The van der Waals surface area contributed by atoms with Crippen molar-refractivity contribution in [2.45, 2.75) is 57.3 Å². The number of anilines is 1. The Morgan fingerprint density at radius 2 is 2.06 bits per heavy atom. The average Bonchev–Trinajstić information content (AvgIpc) is 3.31. The van der Waals surface area contributed by atoms with Gasteiger partial charge in [0.05, 0.1) is 11.3 Å². The fourth-order valence-corrected chi connectivity index (χ4v) is 5.16. The van der Waals surface area contributed by atoms with Crippen LogP contribution in [0.1, 0.15) is 50.0 Å². The lowest BCUT2D eigenvalue weighted by atomic mass is 9.76. The highest BCUT2D eigenvalue weighted by Gasteiger charge is 2.60. The zero-order valence-electron chi connectivity index (χ0n) is 19.2. The van der Waals surface area contributed by atoms with Crippen LogP contribution in [-0.2, 0) is 18.8 Å². The highest BCUT2D eigenvalue weighted by atomic mass is 19.4. The van der Waals surface area contributed by atoms with E-state index < -0.39 is 40.4 Å². The number of fused-ring (bicyclic) bond motifs is 2. The van der Waals surface area contributed by atoms with Crippen molar-refractivity contribution in [3.63, 3.8) is 0 Å². The molecule has 1 aliphatic heterocycles. The van der Waals surface area contributed by atoms with E-state index in [-0.39, 0.29) is 11.9 Å². The van der Waals surface area contributed by atoms with Crippen molar-refractivity contribution in [2.75, 3.05) is 5.32 Å². The lowest BCUT2D eigenvalue weighted by molar-refractivity contribution is -0.137. The molecule has 1 saturated carbocycles. The second-order valence-corrected chi connectivity index (χ2v) is 9.31. The second-order valence-electron chi connectivity index (χ2n) is 9.31. The van der Waals surface area contributed by atoms with Gasteiger partial charge in [-0.2, -0.15) is 18.3 Å². The molecule has 0 unspecified atom stereocenters. The number of likely N-dealkylation sites (tertiary alicyclic amines) is 1. The molecule has 1 saturated heterocycles. The lowest BCUT2D eigenvalue weighted by Crippen LogP contribution is -2.66. The van der Waals surface area contributed by atoms with Crippen molar-refractivity contribution < 1.29 is 26.8 Å². The summed E-state index contributed by atoms with van der Waals surface area (Å²) < 4.78 is 62.7. The first-order valence-corrected chi connectivity index (χ1v) is 11.2. The maximum atomic E-state index is 14.9. The summed E-state index contributed by atoms with van der Waals surface area (Å²) in [7, 11) is 1.50. The zero-order chi connectivity index (χ0) is 25.1. The number of benzene rings is 1. The molecule has 0 radical (unpaired) electrons. The van der Waals surface area contributed by atoms with Crippen molar-refractivity contribution in [1.82, 2.24) is 29.9 Å². The summed E-state index contributed by atoms with van der Waals surface area (Å²) in [5.74, 6) is -0.448. The van der Waals surface area contributed by atoms with E-state index in [2.05, 4.69) is 32.5 Å². The molecular formula is C22H23F4N7O2. The summed E-state index contributed by atoms with van der Waals surface area (Å²) in [6, 6.07) is 0.476. The van der Waals surface area contributed by atoms with Gasteiger partial charge in [-0.1, -0.05) is 6.92 Å². The number of halogens is 4. The van der Waals surface area contributed by atoms with E-state index >= 15 is 0 Å². The van der Waals surface area contributed by atoms with Gasteiger partial charge in [0, 0.05) is 32.0 Å². The van der Waals surface area contributed by atoms with Crippen LogP contribution in [0.2, 0.25) is 0 Å². The van der Waals surface area contributed by atoms with Gasteiger partial charge >= 0.3 is 12.2 Å². The van der Waals surface area contributed by atoms with Gasteiger partial charge in [-0.25, -0.2) is 14.2 Å². The third-order valence-electron chi connectivity index (χ3n) is 6.76. The molecule has 1 aromatic carbocycles. The van der Waals surface area contributed by atoms with Crippen LogP contribution in [0.15, 0.2) is 22.9 Å². The van der Waals surface area contributed by atoms with Crippen molar-refractivity contribution in [2.24, 2.45) is 13.0 Å². The number of amides is 2. The molecule has 5 rings (SSSR count). The van der Waals surface area contributed by atoms with E-state index in [4.69, 9.17) is 4.42 Å². The molecule has 9 nitrogen and oxygen atoms in total. The Bertz CT molecular complexity index is 1290. The largest absolute Gasteiger partial charge is 0.423 e. The smallest absolute Gasteiger partial charge is 0.417 e. The van der Waals surface area contributed by atoms with E-state index in [1.165, 1.54) is 18.1 Å². The molecule has 3 heterocycles. The molecule has 0 spiro atoms. The van der Waals surface area contributed by atoms with Crippen LogP contribution in [0, 0.1) is 18.7 Å². The number of hydrogen-bond acceptors (Lipinski definition) is 6. The van der Waals surface area contributed by atoms with E-state index in [0.717, 1.165) is 18.9 Å². The van der Waals surface area contributed by atoms with Gasteiger partial charge in [-0.15, -0.1) is 10.2 Å². The maximum absolute atomic E-state index is 14.9. The highest BCUT2D eigenvalue weighted by Crippen LogP contribution is 2.53. The molecule has 2 bridgehead atoms. The maximum Gasteiger partial charge on any atom is 0.417 e. The predicted octanol–water partition coefficient (Wildman–Crippen LogP) is 4.65. The normalized spacial score (nSPS) is 24.1. The standard InChI is InChI=1S/C22H23F4N7O2/c1-11-4-5-21(19-30-29-12(2)35-19)9-13(6-11)33(21)20(34)28-17-7-14(18-27-10-32(3)31-18)15(8-16(17)23)22(24,25)26/h7-8,10-11,13H,4-6,9H2,1-3H3,(H,28,34)/t11-,13-,21+/m1/s1. The third kappa shape index (κ3) is 3.92. The Balaban J connectivity index is 1.51. The quantitative estimate of drug-likeness (QED) is 0.533. The molecular weight excluding hydrogens is 470 g/mol. The number of carbonyl (C=O) groups is 1. The van der Waals surface area contributed by atoms with Crippen LogP contribution in [0.4, 0.5) is 28.0 Å². The van der Waals surface area contributed by atoms with Crippen molar-refractivity contribution in [1.29, 1.82) is 0 Å². The molecule has 2 aliphatic rings. The molecule has 2 aromatic heterocycles. The van der Waals surface area contributed by atoms with E-state index in [9.17, 15) is 22.4 Å². The van der Waals surface area contributed by atoms with Gasteiger partial charge in [0.25, 0.3) is 0 Å². The Morgan fingerprint density at radius 3 is 2.69 bits per heavy atom. The summed E-state index contributed by atoms with van der Waals surface area (Å²) >= 11 is 0. The number of urea groups is 1. The van der Waals surface area contributed by atoms with Gasteiger partial charge in [0.15, 0.2) is 5.82 Å². The van der Waals surface area contributed by atoms with Gasteiger partial charge < -0.3 is 14.6 Å². The van der Waals surface area contributed by atoms with E-state index in [1.54, 1.807) is 11.8 Å². The SMILES string of the molecule is Cc1nnc([C@]23CC[C@@H](C)C[C@H](C2)N3C(=O)Nc2cc(-c3ncn(C)n3)c(C(F)(F)F)cc2F)o1. The van der Waals surface area contributed by atoms with Crippen molar-refractivity contribution in [3.05, 3.63) is 41.6 Å². The molecule has 1 N–H and O–H groups in total. The van der Waals surface area contributed by atoms with Crippen LogP contribution < -0.4 is 5.32 Å². The predicted molar refractivity (Wildman–Crippen MR) is 114 cm³/mol. The molecule has 3 aromatic rings. The van der Waals surface area contributed by atoms with Gasteiger partial charge in [-0.3, -0.25) is 4.68 Å². The Morgan fingerprint density at radius 1 is 1.29 bits per heavy atom. The summed E-state index contributed by atoms with van der Waals surface area (Å²) in [4.78, 5) is 18.9. The summed E-state index contributed by atoms with van der Waals surface area (Å²) in [5, 5.41) is 14.4. The van der Waals surface area contributed by atoms with Crippen molar-refractivity contribution in [3.8, 4) is 11.4 Å². The van der Waals surface area contributed by atoms with Crippen LogP contribution in [0.3, 0.4) is 0 Å². The zero-order valence-corrected chi connectivity index (χ0v) is 19.2. The fraction of sp³-hybridized carbons (Fsp3) is 0.500. The number of aromatic nitrogens is 5. The third-order valence-corrected chi connectivity index (χ3v) is 6.76. The first-order valence-electron chi connectivity index (χ1n) is 11.2. The molecule has 35 heavy (non-hydrogen) atoms. The van der Waals surface area contributed by atoms with Crippen LogP contribution in [-0.4, -0.2) is 41.9 Å². The molecule has 1 aliphatic carbocycles. The Hall–Kier alpha value is -3.51. The Labute approximate surface area is 197 Å².